The Morgan fingerprint density at radius 3 is 2.62 bits per heavy atom. The monoisotopic (exact) mass is 344 g/mol. The van der Waals surface area contributed by atoms with Crippen LogP contribution in [0.5, 0.6) is 0 Å². The van der Waals surface area contributed by atoms with Gasteiger partial charge in [-0.2, -0.15) is 0 Å². The number of aryl methyl sites for hydroxylation is 1. The first-order chi connectivity index (χ1) is 12.7. The van der Waals surface area contributed by atoms with Crippen LogP contribution >= 0.6 is 0 Å². The van der Waals surface area contributed by atoms with Crippen molar-refractivity contribution in [2.45, 2.75) is 19.9 Å². The smallest absolute Gasteiger partial charge is 0.276 e. The second-order valence-corrected chi connectivity index (χ2v) is 6.54. The van der Waals surface area contributed by atoms with E-state index in [1.165, 1.54) is 11.1 Å². The van der Waals surface area contributed by atoms with Gasteiger partial charge in [-0.15, -0.1) is 10.2 Å². The lowest BCUT2D eigenvalue weighted by atomic mass is 10.00. The summed E-state index contributed by atoms with van der Waals surface area (Å²) >= 11 is 0. The summed E-state index contributed by atoms with van der Waals surface area (Å²) in [6.07, 6.45) is 0.994. The van der Waals surface area contributed by atoms with Crippen LogP contribution in [0, 0.1) is 6.92 Å². The van der Waals surface area contributed by atoms with Crippen molar-refractivity contribution in [1.29, 1.82) is 0 Å². The summed E-state index contributed by atoms with van der Waals surface area (Å²) in [5.41, 5.74) is 4.88. The molecule has 0 atom stereocenters. The van der Waals surface area contributed by atoms with Crippen molar-refractivity contribution in [3.8, 4) is 0 Å². The highest BCUT2D eigenvalue weighted by Crippen LogP contribution is 2.22. The predicted molar refractivity (Wildman–Crippen MR) is 102 cm³/mol. The zero-order valence-electron chi connectivity index (χ0n) is 14.6. The van der Waals surface area contributed by atoms with E-state index in [2.05, 4.69) is 44.7 Å². The van der Waals surface area contributed by atoms with Crippen LogP contribution in [-0.2, 0) is 13.0 Å². The maximum Gasteiger partial charge on any atom is 0.276 e. The number of hydrogen-bond donors (Lipinski definition) is 1. The van der Waals surface area contributed by atoms with Crippen LogP contribution in [0.25, 0.3) is 0 Å². The number of aromatic nitrogens is 2. The Bertz CT molecular complexity index is 937. The normalized spacial score (nSPS) is 13.2. The fourth-order valence-electron chi connectivity index (χ4n) is 3.22. The lowest BCUT2D eigenvalue weighted by Gasteiger charge is -2.29. The van der Waals surface area contributed by atoms with Gasteiger partial charge >= 0.3 is 0 Å². The van der Waals surface area contributed by atoms with Gasteiger partial charge in [0, 0.05) is 18.8 Å². The Labute approximate surface area is 152 Å². The molecule has 1 aromatic heterocycles. The van der Waals surface area contributed by atoms with Gasteiger partial charge in [0.2, 0.25) is 0 Å². The maximum atomic E-state index is 12.3. The fourth-order valence-corrected chi connectivity index (χ4v) is 3.22. The number of nitrogens with one attached hydrogen (secondary N) is 1. The summed E-state index contributed by atoms with van der Waals surface area (Å²) in [6, 6.07) is 19.7. The molecule has 0 aliphatic carbocycles. The Balaban J connectivity index is 1.46. The Kier molecular flexibility index (Phi) is 4.35. The number of nitrogens with zero attached hydrogens (tertiary/aromatic N) is 3. The Morgan fingerprint density at radius 2 is 1.85 bits per heavy atom. The van der Waals surface area contributed by atoms with Crippen molar-refractivity contribution in [2.75, 3.05) is 16.8 Å². The average molecular weight is 344 g/mol. The van der Waals surface area contributed by atoms with Crippen molar-refractivity contribution in [1.82, 2.24) is 10.2 Å². The van der Waals surface area contributed by atoms with Gasteiger partial charge in [-0.25, -0.2) is 0 Å². The molecule has 0 bridgehead atoms. The summed E-state index contributed by atoms with van der Waals surface area (Å²) in [7, 11) is 0. The third kappa shape index (κ3) is 3.42. The molecule has 0 fully saturated rings. The summed E-state index contributed by atoms with van der Waals surface area (Å²) < 4.78 is 0. The quantitative estimate of drug-likeness (QED) is 0.789. The molecule has 2 heterocycles. The predicted octanol–water partition coefficient (Wildman–Crippen LogP) is 3.60. The lowest BCUT2D eigenvalue weighted by Crippen LogP contribution is -2.31. The van der Waals surface area contributed by atoms with Gasteiger partial charge in [-0.3, -0.25) is 4.79 Å². The standard InChI is InChI=1S/C21H20N4O/c1-15-5-4-8-18(13-15)22-21(26)19-9-10-20(24-23-19)25-12-11-16-6-2-3-7-17(16)14-25/h2-10,13H,11-12,14H2,1H3,(H,22,26). The molecule has 1 N–H and O–H groups in total. The zero-order chi connectivity index (χ0) is 17.9. The van der Waals surface area contributed by atoms with E-state index in [0.717, 1.165) is 36.6 Å². The highest BCUT2D eigenvalue weighted by molar-refractivity contribution is 6.02. The molecule has 0 unspecified atom stereocenters. The van der Waals surface area contributed by atoms with Gasteiger partial charge in [0.15, 0.2) is 11.5 Å². The lowest BCUT2D eigenvalue weighted by molar-refractivity contribution is 0.102. The van der Waals surface area contributed by atoms with Crippen molar-refractivity contribution in [3.05, 3.63) is 83.0 Å². The third-order valence-corrected chi connectivity index (χ3v) is 4.61. The summed E-state index contributed by atoms with van der Waals surface area (Å²) in [5, 5.41) is 11.3. The van der Waals surface area contributed by atoms with Crippen LogP contribution in [0.1, 0.15) is 27.2 Å². The molecular formula is C21H20N4O. The molecule has 0 spiro atoms. The number of rotatable bonds is 3. The largest absolute Gasteiger partial charge is 0.350 e. The second kappa shape index (κ2) is 6.96. The number of hydrogen-bond acceptors (Lipinski definition) is 4. The van der Waals surface area contributed by atoms with Crippen LogP contribution in [-0.4, -0.2) is 22.6 Å². The minimum atomic E-state index is -0.251. The molecule has 1 aliphatic heterocycles. The number of fused-ring (bicyclic) bond motifs is 1. The highest BCUT2D eigenvalue weighted by Gasteiger charge is 2.18. The van der Waals surface area contributed by atoms with Crippen molar-refractivity contribution in [2.24, 2.45) is 0 Å². The van der Waals surface area contributed by atoms with Gasteiger partial charge in [0.25, 0.3) is 5.91 Å². The molecule has 0 radical (unpaired) electrons. The van der Waals surface area contributed by atoms with Crippen LogP contribution in [0.3, 0.4) is 0 Å². The molecule has 26 heavy (non-hydrogen) atoms. The summed E-state index contributed by atoms with van der Waals surface area (Å²) in [4.78, 5) is 14.5. The van der Waals surface area contributed by atoms with E-state index in [4.69, 9.17) is 0 Å². The highest BCUT2D eigenvalue weighted by atomic mass is 16.1. The number of amides is 1. The van der Waals surface area contributed by atoms with Crippen molar-refractivity contribution < 1.29 is 4.79 Å². The molecule has 2 aromatic carbocycles. The molecular weight excluding hydrogens is 324 g/mol. The topological polar surface area (TPSA) is 58.1 Å². The number of carbonyl (C=O) groups excluding carboxylic acids is 1. The third-order valence-electron chi connectivity index (χ3n) is 4.61. The van der Waals surface area contributed by atoms with E-state index >= 15 is 0 Å². The van der Waals surface area contributed by atoms with Gasteiger partial charge in [0.05, 0.1) is 0 Å². The van der Waals surface area contributed by atoms with Gasteiger partial charge < -0.3 is 10.2 Å². The van der Waals surface area contributed by atoms with E-state index in [1.54, 1.807) is 6.07 Å². The van der Waals surface area contributed by atoms with Crippen molar-refractivity contribution >= 4 is 17.4 Å². The van der Waals surface area contributed by atoms with Crippen LogP contribution < -0.4 is 10.2 Å². The summed E-state index contributed by atoms with van der Waals surface area (Å²) in [5.74, 6) is 0.547. The fraction of sp³-hybridized carbons (Fsp3) is 0.190. The minimum Gasteiger partial charge on any atom is -0.350 e. The number of anilines is 2. The molecule has 130 valence electrons. The molecule has 5 nitrogen and oxygen atoms in total. The molecule has 0 saturated carbocycles. The Morgan fingerprint density at radius 1 is 1.00 bits per heavy atom. The zero-order valence-corrected chi connectivity index (χ0v) is 14.6. The average Bonchev–Trinajstić information content (AvgIpc) is 2.68. The maximum absolute atomic E-state index is 12.3. The van der Waals surface area contributed by atoms with Crippen LogP contribution in [0.4, 0.5) is 11.5 Å². The molecule has 1 aliphatic rings. The van der Waals surface area contributed by atoms with E-state index in [9.17, 15) is 4.79 Å². The van der Waals surface area contributed by atoms with E-state index in [-0.39, 0.29) is 5.91 Å². The van der Waals surface area contributed by atoms with Gasteiger partial charge in [0.1, 0.15) is 0 Å². The molecule has 5 heteroatoms. The Hall–Kier alpha value is -3.21. The van der Waals surface area contributed by atoms with Crippen molar-refractivity contribution in [3.63, 3.8) is 0 Å². The first kappa shape index (κ1) is 16.3. The first-order valence-electron chi connectivity index (χ1n) is 8.72. The van der Waals surface area contributed by atoms with Crippen LogP contribution in [0.15, 0.2) is 60.7 Å². The van der Waals surface area contributed by atoms with E-state index in [1.807, 2.05) is 37.3 Å². The SMILES string of the molecule is Cc1cccc(NC(=O)c2ccc(N3CCc4ccccc4C3)nn2)c1. The van der Waals surface area contributed by atoms with Gasteiger partial charge in [-0.1, -0.05) is 36.4 Å². The molecule has 4 rings (SSSR count). The minimum absolute atomic E-state index is 0.251. The second-order valence-electron chi connectivity index (χ2n) is 6.54. The van der Waals surface area contributed by atoms with E-state index < -0.39 is 0 Å². The number of benzene rings is 2. The number of carbonyl (C=O) groups is 1. The molecule has 0 saturated heterocycles. The molecule has 1 amide bonds. The first-order valence-corrected chi connectivity index (χ1v) is 8.72. The molecule has 3 aromatic rings. The summed E-state index contributed by atoms with van der Waals surface area (Å²) in [6.45, 7) is 3.71. The van der Waals surface area contributed by atoms with E-state index in [0.29, 0.717) is 5.69 Å². The van der Waals surface area contributed by atoms with Crippen LogP contribution in [0.2, 0.25) is 0 Å². The van der Waals surface area contributed by atoms with Gasteiger partial charge in [-0.05, 0) is 54.3 Å².